The molecule has 156 valence electrons. The topological polar surface area (TPSA) is 54.0 Å². The summed E-state index contributed by atoms with van der Waals surface area (Å²) in [5, 5.41) is 0. The lowest BCUT2D eigenvalue weighted by Crippen LogP contribution is -2.49. The van der Waals surface area contributed by atoms with Crippen molar-refractivity contribution < 1.29 is 22.5 Å². The molecule has 0 aromatic rings. The van der Waals surface area contributed by atoms with E-state index in [2.05, 4.69) is 58.9 Å². The van der Waals surface area contributed by atoms with Crippen LogP contribution in [0.15, 0.2) is 0 Å². The van der Waals surface area contributed by atoms with Crippen molar-refractivity contribution in [2.75, 3.05) is 6.61 Å². The van der Waals surface area contributed by atoms with Crippen molar-refractivity contribution in [1.82, 2.24) is 0 Å². The molecular formula is C17H42O5Si4. The minimum absolute atomic E-state index is 0.190. The van der Waals surface area contributed by atoms with Crippen LogP contribution in [-0.4, -0.2) is 58.1 Å². The van der Waals surface area contributed by atoms with Gasteiger partial charge in [-0.1, -0.05) is 0 Å². The fourth-order valence-electron chi connectivity index (χ4n) is 2.25. The van der Waals surface area contributed by atoms with Gasteiger partial charge in [0.25, 0.3) is 5.97 Å². The standard InChI is InChI=1S/C17H42O5Si4/c1-23(2,3)19-14-16(21-25(7,8)9)15(20-24(4,5)6)13-17(18)22-26(10,11)12/h15-16H,13-14H2,1-12H3/t15-,16-/m0/s1. The van der Waals surface area contributed by atoms with Crippen molar-refractivity contribution in [3.05, 3.63) is 0 Å². The van der Waals surface area contributed by atoms with Gasteiger partial charge in [0.15, 0.2) is 25.0 Å². The Morgan fingerprint density at radius 3 is 1.42 bits per heavy atom. The van der Waals surface area contributed by atoms with Gasteiger partial charge >= 0.3 is 0 Å². The third-order valence-electron chi connectivity index (χ3n) is 2.89. The second-order valence-corrected chi connectivity index (χ2v) is 28.6. The van der Waals surface area contributed by atoms with E-state index in [1.165, 1.54) is 0 Å². The highest BCUT2D eigenvalue weighted by atomic mass is 28.4. The second-order valence-electron chi connectivity index (χ2n) is 10.8. The maximum absolute atomic E-state index is 12.5. The first-order chi connectivity index (χ1) is 11.3. The molecule has 0 aromatic heterocycles. The van der Waals surface area contributed by atoms with Crippen LogP contribution >= 0.6 is 0 Å². The van der Waals surface area contributed by atoms with Gasteiger partial charge in [-0.25, -0.2) is 0 Å². The van der Waals surface area contributed by atoms with Crippen molar-refractivity contribution in [1.29, 1.82) is 0 Å². The van der Waals surface area contributed by atoms with E-state index in [1.54, 1.807) is 0 Å². The quantitative estimate of drug-likeness (QED) is 0.423. The lowest BCUT2D eigenvalue weighted by molar-refractivity contribution is -0.138. The molecule has 0 amide bonds. The fraction of sp³-hybridized carbons (Fsp3) is 0.941. The molecule has 9 heteroatoms. The SMILES string of the molecule is C[Si](C)(C)OC[C@H](O[Si](C)(C)C)[C@H](CC(=O)O[Si](C)(C)C)O[Si](C)(C)C. The number of hydrogen-bond donors (Lipinski definition) is 0. The van der Waals surface area contributed by atoms with Crippen LogP contribution in [0.4, 0.5) is 0 Å². The zero-order valence-electron chi connectivity index (χ0n) is 19.1. The van der Waals surface area contributed by atoms with Crippen LogP contribution in [0.5, 0.6) is 0 Å². The molecule has 26 heavy (non-hydrogen) atoms. The molecule has 0 aliphatic rings. The molecule has 0 rings (SSSR count). The lowest BCUT2D eigenvalue weighted by atomic mass is 10.1. The van der Waals surface area contributed by atoms with Gasteiger partial charge in [-0.15, -0.1) is 0 Å². The van der Waals surface area contributed by atoms with Crippen LogP contribution in [0.2, 0.25) is 78.6 Å². The molecule has 0 aromatic carbocycles. The van der Waals surface area contributed by atoms with E-state index in [1.807, 2.05) is 19.6 Å². The summed E-state index contributed by atoms with van der Waals surface area (Å²) in [4.78, 5) is 12.5. The highest BCUT2D eigenvalue weighted by Gasteiger charge is 2.36. The maximum Gasteiger partial charge on any atom is 0.295 e. The maximum atomic E-state index is 12.5. The van der Waals surface area contributed by atoms with Gasteiger partial charge < -0.3 is 17.7 Å². The van der Waals surface area contributed by atoms with Gasteiger partial charge in [0.1, 0.15) is 0 Å². The summed E-state index contributed by atoms with van der Waals surface area (Å²) in [6.07, 6.45) is -0.346. The minimum Gasteiger partial charge on any atom is -0.520 e. The Morgan fingerprint density at radius 2 is 1.08 bits per heavy atom. The summed E-state index contributed by atoms with van der Waals surface area (Å²) >= 11 is 0. The third-order valence-corrected chi connectivity index (χ3v) is 6.79. The molecule has 0 N–H and O–H groups in total. The van der Waals surface area contributed by atoms with E-state index >= 15 is 0 Å². The van der Waals surface area contributed by atoms with Gasteiger partial charge in [-0.2, -0.15) is 0 Å². The van der Waals surface area contributed by atoms with Gasteiger partial charge in [0, 0.05) is 0 Å². The highest BCUT2D eigenvalue weighted by Crippen LogP contribution is 2.22. The van der Waals surface area contributed by atoms with E-state index in [9.17, 15) is 4.79 Å². The first kappa shape index (κ1) is 26.2. The van der Waals surface area contributed by atoms with E-state index < -0.39 is 33.3 Å². The van der Waals surface area contributed by atoms with Crippen LogP contribution in [0.3, 0.4) is 0 Å². The Morgan fingerprint density at radius 1 is 0.654 bits per heavy atom. The molecule has 0 saturated heterocycles. The van der Waals surface area contributed by atoms with Gasteiger partial charge in [0.2, 0.25) is 8.32 Å². The van der Waals surface area contributed by atoms with E-state index in [0.717, 1.165) is 0 Å². The molecule has 0 heterocycles. The molecule has 0 bridgehead atoms. The van der Waals surface area contributed by atoms with Gasteiger partial charge in [0.05, 0.1) is 25.2 Å². The van der Waals surface area contributed by atoms with Crippen LogP contribution in [0.25, 0.3) is 0 Å². The minimum atomic E-state index is -1.93. The monoisotopic (exact) mass is 438 g/mol. The Balaban J connectivity index is 5.44. The summed E-state index contributed by atoms with van der Waals surface area (Å²) in [6.45, 7) is 25.9. The molecular weight excluding hydrogens is 397 g/mol. The lowest BCUT2D eigenvalue weighted by Gasteiger charge is -2.37. The Kier molecular flexibility index (Phi) is 9.70. The van der Waals surface area contributed by atoms with Crippen LogP contribution < -0.4 is 0 Å². The van der Waals surface area contributed by atoms with E-state index in [0.29, 0.717) is 6.61 Å². The first-order valence-corrected chi connectivity index (χ1v) is 23.1. The molecule has 0 spiro atoms. The largest absolute Gasteiger partial charge is 0.520 e. The number of carbonyl (C=O) groups excluding carboxylic acids is 1. The average molecular weight is 439 g/mol. The first-order valence-electron chi connectivity index (χ1n) is 9.49. The zero-order valence-corrected chi connectivity index (χ0v) is 23.1. The van der Waals surface area contributed by atoms with Crippen LogP contribution in [0.1, 0.15) is 6.42 Å². The molecule has 0 unspecified atom stereocenters. The molecule has 0 fully saturated rings. The van der Waals surface area contributed by atoms with E-state index in [-0.39, 0.29) is 24.6 Å². The molecule has 0 aliphatic carbocycles. The molecule has 0 aliphatic heterocycles. The number of hydrogen-bond acceptors (Lipinski definition) is 5. The molecule has 5 nitrogen and oxygen atoms in total. The average Bonchev–Trinajstić information content (AvgIpc) is 2.26. The molecule has 0 radical (unpaired) electrons. The summed E-state index contributed by atoms with van der Waals surface area (Å²) in [5.74, 6) is -0.190. The van der Waals surface area contributed by atoms with E-state index in [4.69, 9.17) is 17.7 Å². The predicted octanol–water partition coefficient (Wildman–Crippen LogP) is 5.05. The Labute approximate surface area is 165 Å². The highest BCUT2D eigenvalue weighted by molar-refractivity contribution is 6.71. The normalized spacial score (nSPS) is 16.3. The van der Waals surface area contributed by atoms with Crippen molar-refractivity contribution in [2.24, 2.45) is 0 Å². The van der Waals surface area contributed by atoms with Crippen molar-refractivity contribution in [3.63, 3.8) is 0 Å². The molecule has 0 saturated carbocycles. The van der Waals surface area contributed by atoms with Crippen LogP contribution in [0, 0.1) is 0 Å². The third kappa shape index (κ3) is 15.3. The smallest absolute Gasteiger partial charge is 0.295 e. The van der Waals surface area contributed by atoms with Gasteiger partial charge in [-0.3, -0.25) is 4.79 Å². The van der Waals surface area contributed by atoms with Crippen LogP contribution in [-0.2, 0) is 22.5 Å². The Hall–Kier alpha value is 0.218. The summed E-state index contributed by atoms with van der Waals surface area (Å²) < 4.78 is 24.6. The van der Waals surface area contributed by atoms with Crippen molar-refractivity contribution in [2.45, 2.75) is 97.2 Å². The zero-order chi connectivity index (χ0) is 21.0. The Bertz CT molecular complexity index is 444. The van der Waals surface area contributed by atoms with Crippen molar-refractivity contribution in [3.8, 4) is 0 Å². The summed E-state index contributed by atoms with van der Waals surface area (Å²) in [7, 11) is -7.31. The fourth-order valence-corrected chi connectivity index (χ4v) is 5.96. The van der Waals surface area contributed by atoms with Crippen molar-refractivity contribution >= 4 is 39.2 Å². The number of carbonyl (C=O) groups is 1. The predicted molar refractivity (Wildman–Crippen MR) is 120 cm³/mol. The summed E-state index contributed by atoms with van der Waals surface area (Å²) in [5.41, 5.74) is 0. The number of rotatable bonds is 11. The molecule has 2 atom stereocenters. The van der Waals surface area contributed by atoms with Gasteiger partial charge in [-0.05, 0) is 78.6 Å². The summed E-state index contributed by atoms with van der Waals surface area (Å²) in [6, 6.07) is 0. The second kappa shape index (κ2) is 9.62.